The summed E-state index contributed by atoms with van der Waals surface area (Å²) in [4.78, 5) is 27.4. The Balaban J connectivity index is 2.15. The normalized spacial score (nSPS) is 12.0. The van der Waals surface area contributed by atoms with Crippen molar-refractivity contribution in [2.75, 3.05) is 6.54 Å². The summed E-state index contributed by atoms with van der Waals surface area (Å²) in [6, 6.07) is 12.8. The fourth-order valence-corrected chi connectivity index (χ4v) is 3.34. The highest BCUT2D eigenvalue weighted by atomic mass is 35.5. The molecular weight excluding hydrogens is 419 g/mol. The standard InChI is InChI=1S/C24H30Cl2N2O2/c1-16(2)14-27-24(30)18(4)28(15-20-9-11-21(25)22(26)13-20)23(29)12-10-19-7-5-17(3)6-8-19/h5-9,11,13,16,18H,10,12,14-15H2,1-4H3,(H,27,30)/t18-/m0/s1. The van der Waals surface area contributed by atoms with Crippen LogP contribution in [0.4, 0.5) is 0 Å². The molecule has 0 fully saturated rings. The van der Waals surface area contributed by atoms with Gasteiger partial charge in [0.05, 0.1) is 10.0 Å². The van der Waals surface area contributed by atoms with Crippen LogP contribution in [0.3, 0.4) is 0 Å². The SMILES string of the molecule is Cc1ccc(CCC(=O)N(Cc2ccc(Cl)c(Cl)c2)[C@@H](C)C(=O)NCC(C)C)cc1. The van der Waals surface area contributed by atoms with Crippen molar-refractivity contribution >= 4 is 35.0 Å². The minimum Gasteiger partial charge on any atom is -0.354 e. The summed E-state index contributed by atoms with van der Waals surface area (Å²) < 4.78 is 0. The van der Waals surface area contributed by atoms with Crippen LogP contribution in [0, 0.1) is 12.8 Å². The van der Waals surface area contributed by atoms with Gasteiger partial charge in [-0.1, -0.05) is 72.9 Å². The maximum atomic E-state index is 13.1. The number of hydrogen-bond donors (Lipinski definition) is 1. The van der Waals surface area contributed by atoms with Crippen molar-refractivity contribution in [1.82, 2.24) is 10.2 Å². The molecule has 0 spiro atoms. The Hall–Kier alpha value is -2.04. The molecule has 0 radical (unpaired) electrons. The van der Waals surface area contributed by atoms with Gasteiger partial charge in [-0.05, 0) is 49.4 Å². The monoisotopic (exact) mass is 448 g/mol. The van der Waals surface area contributed by atoms with Crippen LogP contribution < -0.4 is 5.32 Å². The van der Waals surface area contributed by atoms with E-state index in [2.05, 4.69) is 5.32 Å². The highest BCUT2D eigenvalue weighted by Crippen LogP contribution is 2.24. The van der Waals surface area contributed by atoms with Gasteiger partial charge in [0, 0.05) is 19.5 Å². The first-order chi connectivity index (χ1) is 14.2. The van der Waals surface area contributed by atoms with Crippen LogP contribution in [0.2, 0.25) is 10.0 Å². The van der Waals surface area contributed by atoms with E-state index in [1.807, 2.05) is 51.1 Å². The third-order valence-electron chi connectivity index (χ3n) is 4.94. The quantitative estimate of drug-likeness (QED) is 0.556. The summed E-state index contributed by atoms with van der Waals surface area (Å²) in [7, 11) is 0. The lowest BCUT2D eigenvalue weighted by Gasteiger charge is -2.29. The van der Waals surface area contributed by atoms with Gasteiger partial charge in [0.15, 0.2) is 0 Å². The minimum atomic E-state index is -0.594. The Morgan fingerprint density at radius 1 is 0.967 bits per heavy atom. The van der Waals surface area contributed by atoms with E-state index in [0.29, 0.717) is 41.9 Å². The number of nitrogens with zero attached hydrogens (tertiary/aromatic N) is 1. The number of amides is 2. The highest BCUT2D eigenvalue weighted by Gasteiger charge is 2.26. The molecule has 0 aromatic heterocycles. The van der Waals surface area contributed by atoms with Gasteiger partial charge in [0.1, 0.15) is 6.04 Å². The highest BCUT2D eigenvalue weighted by molar-refractivity contribution is 6.42. The van der Waals surface area contributed by atoms with Crippen LogP contribution in [0.25, 0.3) is 0 Å². The van der Waals surface area contributed by atoms with E-state index in [4.69, 9.17) is 23.2 Å². The van der Waals surface area contributed by atoms with E-state index in [9.17, 15) is 9.59 Å². The van der Waals surface area contributed by atoms with Crippen LogP contribution in [-0.4, -0.2) is 29.3 Å². The van der Waals surface area contributed by atoms with Crippen molar-refractivity contribution in [2.24, 2.45) is 5.92 Å². The lowest BCUT2D eigenvalue weighted by atomic mass is 10.1. The predicted molar refractivity (Wildman–Crippen MR) is 124 cm³/mol. The molecule has 1 atom stereocenters. The molecular formula is C24H30Cl2N2O2. The Morgan fingerprint density at radius 3 is 2.20 bits per heavy atom. The molecule has 1 N–H and O–H groups in total. The van der Waals surface area contributed by atoms with Gasteiger partial charge >= 0.3 is 0 Å². The second-order valence-corrected chi connectivity index (χ2v) is 8.89. The van der Waals surface area contributed by atoms with E-state index in [-0.39, 0.29) is 11.8 Å². The molecule has 0 aliphatic carbocycles. The zero-order chi connectivity index (χ0) is 22.3. The minimum absolute atomic E-state index is 0.0751. The molecule has 162 valence electrons. The van der Waals surface area contributed by atoms with Gasteiger partial charge in [0.2, 0.25) is 11.8 Å². The molecule has 2 aromatic carbocycles. The topological polar surface area (TPSA) is 49.4 Å². The van der Waals surface area contributed by atoms with Gasteiger partial charge in [-0.3, -0.25) is 9.59 Å². The maximum absolute atomic E-state index is 13.1. The Morgan fingerprint density at radius 2 is 1.60 bits per heavy atom. The number of halogens is 2. The fourth-order valence-electron chi connectivity index (χ4n) is 3.02. The summed E-state index contributed by atoms with van der Waals surface area (Å²) in [5.41, 5.74) is 3.11. The van der Waals surface area contributed by atoms with E-state index in [1.54, 1.807) is 24.0 Å². The number of benzene rings is 2. The smallest absolute Gasteiger partial charge is 0.242 e. The van der Waals surface area contributed by atoms with Crippen LogP contribution in [0.1, 0.15) is 43.9 Å². The molecule has 2 amide bonds. The van der Waals surface area contributed by atoms with Crippen LogP contribution in [0.15, 0.2) is 42.5 Å². The van der Waals surface area contributed by atoms with Crippen molar-refractivity contribution < 1.29 is 9.59 Å². The van der Waals surface area contributed by atoms with E-state index in [1.165, 1.54) is 5.56 Å². The summed E-state index contributed by atoms with van der Waals surface area (Å²) in [6.07, 6.45) is 0.948. The Bertz CT molecular complexity index is 866. The Kier molecular flexibility index (Phi) is 9.19. The third-order valence-corrected chi connectivity index (χ3v) is 5.68. The average molecular weight is 449 g/mol. The van der Waals surface area contributed by atoms with Gasteiger partial charge in [-0.25, -0.2) is 0 Å². The number of rotatable bonds is 9. The zero-order valence-corrected chi connectivity index (χ0v) is 19.6. The van der Waals surface area contributed by atoms with E-state index < -0.39 is 6.04 Å². The summed E-state index contributed by atoms with van der Waals surface area (Å²) in [5.74, 6) is 0.100. The van der Waals surface area contributed by atoms with E-state index in [0.717, 1.165) is 11.1 Å². The lowest BCUT2D eigenvalue weighted by molar-refractivity contribution is -0.140. The molecule has 0 aliphatic heterocycles. The first-order valence-electron chi connectivity index (χ1n) is 10.2. The lowest BCUT2D eigenvalue weighted by Crippen LogP contribution is -2.48. The molecule has 0 aliphatic rings. The van der Waals surface area contributed by atoms with Crippen LogP contribution in [-0.2, 0) is 22.6 Å². The molecule has 0 bridgehead atoms. The maximum Gasteiger partial charge on any atom is 0.242 e. The molecule has 6 heteroatoms. The van der Waals surface area contributed by atoms with Gasteiger partial charge in [0.25, 0.3) is 0 Å². The third kappa shape index (κ3) is 7.33. The number of carbonyl (C=O) groups excluding carboxylic acids is 2. The molecule has 4 nitrogen and oxygen atoms in total. The molecule has 0 saturated heterocycles. The van der Waals surface area contributed by atoms with Crippen molar-refractivity contribution in [2.45, 2.75) is 53.1 Å². The number of hydrogen-bond acceptors (Lipinski definition) is 2. The first kappa shape index (κ1) is 24.2. The average Bonchev–Trinajstić information content (AvgIpc) is 2.71. The van der Waals surface area contributed by atoms with Crippen molar-refractivity contribution in [1.29, 1.82) is 0 Å². The summed E-state index contributed by atoms with van der Waals surface area (Å²) >= 11 is 12.2. The van der Waals surface area contributed by atoms with Crippen LogP contribution in [0.5, 0.6) is 0 Å². The summed E-state index contributed by atoms with van der Waals surface area (Å²) in [6.45, 7) is 8.72. The predicted octanol–water partition coefficient (Wildman–Crippen LogP) is 5.42. The van der Waals surface area contributed by atoms with Crippen LogP contribution >= 0.6 is 23.2 Å². The van der Waals surface area contributed by atoms with Crippen molar-refractivity contribution in [3.05, 3.63) is 69.2 Å². The number of nitrogens with one attached hydrogen (secondary N) is 1. The first-order valence-corrected chi connectivity index (χ1v) is 11.0. The van der Waals surface area contributed by atoms with Crippen molar-refractivity contribution in [3.63, 3.8) is 0 Å². The number of carbonyl (C=O) groups is 2. The summed E-state index contributed by atoms with van der Waals surface area (Å²) in [5, 5.41) is 3.81. The fraction of sp³-hybridized carbons (Fsp3) is 0.417. The molecule has 0 heterocycles. The Labute approximate surface area is 189 Å². The molecule has 30 heavy (non-hydrogen) atoms. The van der Waals surface area contributed by atoms with Crippen molar-refractivity contribution in [3.8, 4) is 0 Å². The molecule has 0 unspecified atom stereocenters. The largest absolute Gasteiger partial charge is 0.354 e. The van der Waals surface area contributed by atoms with Gasteiger partial charge in [-0.2, -0.15) is 0 Å². The van der Waals surface area contributed by atoms with Gasteiger partial charge < -0.3 is 10.2 Å². The number of aryl methyl sites for hydroxylation is 2. The molecule has 2 rings (SSSR count). The molecule has 0 saturated carbocycles. The second kappa shape index (κ2) is 11.4. The second-order valence-electron chi connectivity index (χ2n) is 8.07. The molecule has 2 aromatic rings. The van der Waals surface area contributed by atoms with Gasteiger partial charge in [-0.15, -0.1) is 0 Å². The van der Waals surface area contributed by atoms with E-state index >= 15 is 0 Å². The zero-order valence-electron chi connectivity index (χ0n) is 18.0.